The van der Waals surface area contributed by atoms with Gasteiger partial charge in [0, 0.05) is 4.47 Å². The topological polar surface area (TPSA) is 0 Å². The Hall–Kier alpha value is -0.860. The van der Waals surface area contributed by atoms with Crippen LogP contribution in [0.2, 0.25) is 0 Å². The molecule has 0 N–H and O–H groups in total. The monoisotopic (exact) mass is 340 g/mol. The van der Waals surface area contributed by atoms with Gasteiger partial charge in [-0.2, -0.15) is 0 Å². The zero-order chi connectivity index (χ0) is 14.0. The second-order valence-corrected chi connectivity index (χ2v) is 6.14. The third-order valence-electron chi connectivity index (χ3n) is 3.13. The van der Waals surface area contributed by atoms with Crippen molar-refractivity contribution in [2.75, 3.05) is 0 Å². The van der Waals surface area contributed by atoms with Gasteiger partial charge in [-0.1, -0.05) is 54.0 Å². The number of rotatable bonds is 3. The van der Waals surface area contributed by atoms with Crippen LogP contribution in [0, 0.1) is 5.82 Å². The van der Waals surface area contributed by atoms with Gasteiger partial charge in [0.25, 0.3) is 0 Å². The van der Waals surface area contributed by atoms with Gasteiger partial charge >= 0.3 is 0 Å². The van der Waals surface area contributed by atoms with Crippen molar-refractivity contribution in [3.63, 3.8) is 0 Å². The summed E-state index contributed by atoms with van der Waals surface area (Å²) < 4.78 is 14.1. The van der Waals surface area contributed by atoms with E-state index in [1.54, 1.807) is 6.07 Å². The maximum atomic E-state index is 13.3. The van der Waals surface area contributed by atoms with Crippen molar-refractivity contribution in [3.8, 4) is 0 Å². The van der Waals surface area contributed by atoms with Gasteiger partial charge in [0.1, 0.15) is 5.82 Å². The number of hydrogen-bond donors (Lipinski definition) is 0. The molecule has 0 spiro atoms. The lowest BCUT2D eigenvalue weighted by molar-refractivity contribution is 0.625. The summed E-state index contributed by atoms with van der Waals surface area (Å²) >= 11 is 9.86. The molecule has 3 heteroatoms. The van der Waals surface area contributed by atoms with E-state index >= 15 is 0 Å². The summed E-state index contributed by atoms with van der Waals surface area (Å²) in [7, 11) is 0. The maximum absolute atomic E-state index is 13.3. The lowest BCUT2D eigenvalue weighted by Gasteiger charge is -2.14. The smallest absolute Gasteiger partial charge is 0.123 e. The highest BCUT2D eigenvalue weighted by Gasteiger charge is 2.15. The molecule has 1 unspecified atom stereocenters. The van der Waals surface area contributed by atoms with Crippen LogP contribution >= 0.6 is 27.5 Å². The van der Waals surface area contributed by atoms with Crippen LogP contribution in [0.1, 0.15) is 41.8 Å². The molecule has 0 amide bonds. The van der Waals surface area contributed by atoms with E-state index < -0.39 is 0 Å². The number of halogens is 3. The molecule has 2 rings (SSSR count). The minimum Gasteiger partial charge on any atom is -0.207 e. The van der Waals surface area contributed by atoms with E-state index in [-0.39, 0.29) is 11.2 Å². The predicted molar refractivity (Wildman–Crippen MR) is 82.3 cm³/mol. The number of hydrogen-bond acceptors (Lipinski definition) is 0. The summed E-state index contributed by atoms with van der Waals surface area (Å²) in [6, 6.07) is 12.7. The molecule has 0 saturated heterocycles. The Labute approximate surface area is 126 Å². The minimum atomic E-state index is -0.355. The van der Waals surface area contributed by atoms with Gasteiger partial charge in [-0.3, -0.25) is 0 Å². The fourth-order valence-electron chi connectivity index (χ4n) is 1.94. The molecular formula is C16H15BrClF. The molecule has 0 heterocycles. The fourth-order valence-corrected chi connectivity index (χ4v) is 2.87. The molecule has 0 fully saturated rings. The molecular weight excluding hydrogens is 327 g/mol. The first kappa shape index (κ1) is 14.5. The standard InChI is InChI=1S/C16H15BrClF/c1-10(2)11-3-5-12(6-4-11)16(18)14-9-13(19)7-8-15(14)17/h3-10,16H,1-2H3. The quantitative estimate of drug-likeness (QED) is 0.597. The molecule has 19 heavy (non-hydrogen) atoms. The van der Waals surface area contributed by atoms with Crippen LogP contribution < -0.4 is 0 Å². The zero-order valence-electron chi connectivity index (χ0n) is 10.8. The van der Waals surface area contributed by atoms with Crippen molar-refractivity contribution in [3.05, 3.63) is 69.4 Å². The molecule has 0 saturated carbocycles. The Kier molecular flexibility index (Phi) is 4.64. The molecule has 1 atom stereocenters. The molecule has 100 valence electrons. The molecule has 0 aliphatic carbocycles. The van der Waals surface area contributed by atoms with Crippen LogP contribution in [-0.2, 0) is 0 Å². The highest BCUT2D eigenvalue weighted by Crippen LogP contribution is 2.34. The average Bonchev–Trinajstić information content (AvgIpc) is 2.41. The normalized spacial score (nSPS) is 12.7. The van der Waals surface area contributed by atoms with Gasteiger partial charge < -0.3 is 0 Å². The Morgan fingerprint density at radius 3 is 2.16 bits per heavy atom. The third-order valence-corrected chi connectivity index (χ3v) is 4.34. The second kappa shape index (κ2) is 6.06. The summed E-state index contributed by atoms with van der Waals surface area (Å²) in [5.41, 5.74) is 2.99. The first-order valence-corrected chi connectivity index (χ1v) is 7.41. The zero-order valence-corrected chi connectivity index (χ0v) is 13.2. The lowest BCUT2D eigenvalue weighted by Crippen LogP contribution is -1.96. The Bertz CT molecular complexity index is 563. The van der Waals surface area contributed by atoms with Crippen LogP contribution in [0.3, 0.4) is 0 Å². The largest absolute Gasteiger partial charge is 0.207 e. The number of benzene rings is 2. The molecule has 2 aromatic rings. The first-order valence-electron chi connectivity index (χ1n) is 6.18. The molecule has 0 aromatic heterocycles. The third kappa shape index (κ3) is 3.37. The van der Waals surface area contributed by atoms with Gasteiger partial charge in [-0.25, -0.2) is 4.39 Å². The second-order valence-electron chi connectivity index (χ2n) is 4.85. The van der Waals surface area contributed by atoms with Crippen LogP contribution in [0.15, 0.2) is 46.9 Å². The molecule has 0 aliphatic heterocycles. The summed E-state index contributed by atoms with van der Waals surface area (Å²) in [5.74, 6) is 0.214. The van der Waals surface area contributed by atoms with Crippen LogP contribution in [0.4, 0.5) is 4.39 Å². The summed E-state index contributed by atoms with van der Waals surface area (Å²) in [6.07, 6.45) is 0. The Balaban J connectivity index is 2.33. The summed E-state index contributed by atoms with van der Waals surface area (Å²) in [5, 5.41) is -0.355. The first-order chi connectivity index (χ1) is 8.99. The van der Waals surface area contributed by atoms with E-state index in [9.17, 15) is 4.39 Å². The molecule has 0 radical (unpaired) electrons. The highest BCUT2D eigenvalue weighted by atomic mass is 79.9. The Morgan fingerprint density at radius 2 is 1.58 bits per heavy atom. The van der Waals surface area contributed by atoms with Gasteiger partial charge in [0.05, 0.1) is 5.38 Å². The lowest BCUT2D eigenvalue weighted by atomic mass is 9.98. The van der Waals surface area contributed by atoms with Crippen LogP contribution in [0.5, 0.6) is 0 Å². The van der Waals surface area contributed by atoms with E-state index in [1.165, 1.54) is 17.7 Å². The van der Waals surface area contributed by atoms with Crippen molar-refractivity contribution in [2.45, 2.75) is 25.1 Å². The van der Waals surface area contributed by atoms with Gasteiger partial charge in [0.15, 0.2) is 0 Å². The van der Waals surface area contributed by atoms with Crippen molar-refractivity contribution < 1.29 is 4.39 Å². The highest BCUT2D eigenvalue weighted by molar-refractivity contribution is 9.10. The molecule has 0 bridgehead atoms. The van der Waals surface area contributed by atoms with Crippen LogP contribution in [0.25, 0.3) is 0 Å². The van der Waals surface area contributed by atoms with E-state index in [0.29, 0.717) is 5.92 Å². The van der Waals surface area contributed by atoms with E-state index in [2.05, 4.69) is 41.9 Å². The van der Waals surface area contributed by atoms with E-state index in [4.69, 9.17) is 11.6 Å². The summed E-state index contributed by atoms with van der Waals surface area (Å²) in [6.45, 7) is 4.30. The van der Waals surface area contributed by atoms with Crippen molar-refractivity contribution in [1.29, 1.82) is 0 Å². The van der Waals surface area contributed by atoms with E-state index in [0.717, 1.165) is 15.6 Å². The van der Waals surface area contributed by atoms with Crippen molar-refractivity contribution in [2.24, 2.45) is 0 Å². The predicted octanol–water partition coefficient (Wildman–Crippen LogP) is 6.04. The molecule has 0 nitrogen and oxygen atoms in total. The maximum Gasteiger partial charge on any atom is 0.123 e. The Morgan fingerprint density at radius 1 is 1.00 bits per heavy atom. The average molecular weight is 342 g/mol. The molecule has 0 aliphatic rings. The summed E-state index contributed by atoms with van der Waals surface area (Å²) in [4.78, 5) is 0. The SMILES string of the molecule is CC(C)c1ccc(C(Cl)c2cc(F)ccc2Br)cc1. The van der Waals surface area contributed by atoms with Gasteiger partial charge in [0.2, 0.25) is 0 Å². The van der Waals surface area contributed by atoms with E-state index in [1.807, 2.05) is 12.1 Å². The molecule has 2 aromatic carbocycles. The van der Waals surface area contributed by atoms with Crippen LogP contribution in [-0.4, -0.2) is 0 Å². The van der Waals surface area contributed by atoms with Crippen molar-refractivity contribution in [1.82, 2.24) is 0 Å². The van der Waals surface area contributed by atoms with Gasteiger partial charge in [-0.15, -0.1) is 11.6 Å². The number of alkyl halides is 1. The van der Waals surface area contributed by atoms with Crippen molar-refractivity contribution >= 4 is 27.5 Å². The minimum absolute atomic E-state index is 0.275. The fraction of sp³-hybridized carbons (Fsp3) is 0.250. The van der Waals surface area contributed by atoms with Gasteiger partial charge in [-0.05, 0) is 40.8 Å².